The molecule has 1 aliphatic heterocycles. The van der Waals surface area contributed by atoms with Crippen LogP contribution in [-0.2, 0) is 15.3 Å². The summed E-state index contributed by atoms with van der Waals surface area (Å²) in [5.74, 6) is 1.25. The largest absolute Gasteiger partial charge is 0.497 e. The van der Waals surface area contributed by atoms with E-state index in [4.69, 9.17) is 17.0 Å². The second-order valence-electron chi connectivity index (χ2n) is 7.85. The summed E-state index contributed by atoms with van der Waals surface area (Å²) in [6.07, 6.45) is 2.55. The molecule has 186 valence electrons. The number of hydrogen-bond acceptors (Lipinski definition) is 9. The third kappa shape index (κ3) is 6.94. The lowest BCUT2D eigenvalue weighted by Gasteiger charge is -2.13. The summed E-state index contributed by atoms with van der Waals surface area (Å²) in [6, 6.07) is 15.7. The summed E-state index contributed by atoms with van der Waals surface area (Å²) in [6.45, 7) is 2.46. The van der Waals surface area contributed by atoms with Crippen LogP contribution < -0.4 is 10.1 Å². The van der Waals surface area contributed by atoms with Crippen LogP contribution >= 0.6 is 47.1 Å². The molecule has 0 spiro atoms. The van der Waals surface area contributed by atoms with Crippen LogP contribution in [0.3, 0.4) is 0 Å². The van der Waals surface area contributed by atoms with Gasteiger partial charge in [0.2, 0.25) is 11.0 Å². The number of aryl methyl sites for hydroxylation is 1. The zero-order valence-electron chi connectivity index (χ0n) is 19.7. The van der Waals surface area contributed by atoms with Crippen molar-refractivity contribution in [2.24, 2.45) is 0 Å². The maximum Gasteiger partial charge on any atom is 0.266 e. The van der Waals surface area contributed by atoms with Gasteiger partial charge in [0, 0.05) is 18.7 Å². The van der Waals surface area contributed by atoms with Gasteiger partial charge in [0.05, 0.1) is 12.0 Å². The van der Waals surface area contributed by atoms with Crippen molar-refractivity contribution < 1.29 is 14.3 Å². The number of carbonyl (C=O) groups is 2. The summed E-state index contributed by atoms with van der Waals surface area (Å²) < 4.78 is 6.47. The highest BCUT2D eigenvalue weighted by Crippen LogP contribution is 2.33. The zero-order chi connectivity index (χ0) is 25.5. The number of nitrogens with zero attached hydrogens (tertiary/aromatic N) is 3. The van der Waals surface area contributed by atoms with Crippen molar-refractivity contribution in [1.29, 1.82) is 0 Å². The molecule has 2 aromatic carbocycles. The lowest BCUT2D eigenvalue weighted by molar-refractivity contribution is -0.122. The van der Waals surface area contributed by atoms with E-state index in [1.165, 1.54) is 34.2 Å². The molecule has 0 unspecified atom stereocenters. The third-order valence-corrected chi connectivity index (χ3v) is 8.74. The van der Waals surface area contributed by atoms with E-state index in [2.05, 4.69) is 34.6 Å². The minimum atomic E-state index is -0.166. The van der Waals surface area contributed by atoms with Gasteiger partial charge in [0.1, 0.15) is 10.1 Å². The number of aromatic nitrogens is 2. The maximum atomic E-state index is 12.8. The van der Waals surface area contributed by atoms with Gasteiger partial charge < -0.3 is 10.1 Å². The molecule has 0 radical (unpaired) electrons. The Morgan fingerprint density at radius 2 is 1.97 bits per heavy atom. The summed E-state index contributed by atoms with van der Waals surface area (Å²) in [5.41, 5.74) is 3.38. The molecule has 1 fully saturated rings. The minimum Gasteiger partial charge on any atom is -0.497 e. The number of thioether (sulfide) groups is 2. The van der Waals surface area contributed by atoms with Crippen LogP contribution in [0.4, 0.5) is 5.13 Å². The van der Waals surface area contributed by atoms with Crippen molar-refractivity contribution in [3.05, 3.63) is 70.1 Å². The van der Waals surface area contributed by atoms with Crippen molar-refractivity contribution in [1.82, 2.24) is 15.1 Å². The SMILES string of the molecule is COc1ccc(/C=C2\SC(=S)N(CCCC(=O)Nc3nnc(SCc4ccccc4C)s3)C2=O)cc1. The van der Waals surface area contributed by atoms with Gasteiger partial charge in [0.25, 0.3) is 5.91 Å². The average molecular weight is 557 g/mol. The fourth-order valence-corrected chi connectivity index (χ4v) is 6.51. The molecule has 3 aromatic rings. The zero-order valence-corrected chi connectivity index (χ0v) is 23.0. The predicted molar refractivity (Wildman–Crippen MR) is 151 cm³/mol. The van der Waals surface area contributed by atoms with Crippen molar-refractivity contribution in [3.63, 3.8) is 0 Å². The summed E-state index contributed by atoms with van der Waals surface area (Å²) in [4.78, 5) is 27.3. The normalized spacial score (nSPS) is 14.5. The van der Waals surface area contributed by atoms with Crippen LogP contribution in [-0.4, -0.2) is 44.9 Å². The highest BCUT2D eigenvalue weighted by molar-refractivity contribution is 8.26. The first-order chi connectivity index (χ1) is 17.4. The van der Waals surface area contributed by atoms with Crippen molar-refractivity contribution in [2.45, 2.75) is 29.9 Å². The van der Waals surface area contributed by atoms with Crippen LogP contribution in [0, 0.1) is 6.92 Å². The van der Waals surface area contributed by atoms with Crippen LogP contribution in [0.5, 0.6) is 5.75 Å². The minimum absolute atomic E-state index is 0.138. The second-order valence-corrected chi connectivity index (χ2v) is 11.7. The van der Waals surface area contributed by atoms with Gasteiger partial charge >= 0.3 is 0 Å². The number of carbonyl (C=O) groups excluding carboxylic acids is 2. The molecule has 1 saturated heterocycles. The van der Waals surface area contributed by atoms with Crippen LogP contribution in [0.15, 0.2) is 57.8 Å². The van der Waals surface area contributed by atoms with E-state index in [1.807, 2.05) is 42.5 Å². The Morgan fingerprint density at radius 3 is 2.72 bits per heavy atom. The lowest BCUT2D eigenvalue weighted by atomic mass is 10.1. The number of methoxy groups -OCH3 is 1. The Balaban J connectivity index is 1.23. The van der Waals surface area contributed by atoms with Crippen molar-refractivity contribution >= 4 is 74.4 Å². The predicted octanol–water partition coefficient (Wildman–Crippen LogP) is 5.77. The average Bonchev–Trinajstić information content (AvgIpc) is 3.43. The Labute approximate surface area is 227 Å². The lowest BCUT2D eigenvalue weighted by Crippen LogP contribution is -2.29. The second kappa shape index (κ2) is 12.5. The molecule has 1 aliphatic rings. The van der Waals surface area contributed by atoms with Crippen molar-refractivity contribution in [3.8, 4) is 5.75 Å². The molecular weight excluding hydrogens is 533 g/mol. The van der Waals surface area contributed by atoms with E-state index >= 15 is 0 Å². The van der Waals surface area contributed by atoms with E-state index in [-0.39, 0.29) is 18.2 Å². The molecule has 0 aliphatic carbocycles. The highest BCUT2D eigenvalue weighted by Gasteiger charge is 2.31. The topological polar surface area (TPSA) is 84.4 Å². The fraction of sp³-hybridized carbons (Fsp3) is 0.240. The number of amides is 2. The number of hydrogen-bond donors (Lipinski definition) is 1. The van der Waals surface area contributed by atoms with Gasteiger partial charge in [0.15, 0.2) is 4.34 Å². The Morgan fingerprint density at radius 1 is 1.19 bits per heavy atom. The first-order valence-corrected chi connectivity index (χ1v) is 14.2. The molecule has 7 nitrogen and oxygen atoms in total. The molecule has 0 saturated carbocycles. The standard InChI is InChI=1S/C25H24N4O3S4/c1-16-6-3-4-7-18(16)15-34-24-28-27-23(36-24)26-21(30)8-5-13-29-22(31)20(35-25(29)33)14-17-9-11-19(32-2)12-10-17/h3-4,6-7,9-12,14H,5,8,13,15H2,1-2H3,(H,26,27,30)/b20-14-. The summed E-state index contributed by atoms with van der Waals surface area (Å²) in [7, 11) is 1.61. The number of benzene rings is 2. The molecule has 1 aromatic heterocycles. The van der Waals surface area contributed by atoms with E-state index in [1.54, 1.807) is 23.8 Å². The summed E-state index contributed by atoms with van der Waals surface area (Å²) in [5, 5.41) is 11.5. The number of thiocarbonyl (C=S) groups is 1. The highest BCUT2D eigenvalue weighted by atomic mass is 32.2. The number of nitrogens with one attached hydrogen (secondary N) is 1. The summed E-state index contributed by atoms with van der Waals surface area (Å²) >= 11 is 9.61. The maximum absolute atomic E-state index is 12.8. The van der Waals surface area contributed by atoms with Gasteiger partial charge in [-0.15, -0.1) is 10.2 Å². The molecule has 11 heteroatoms. The van der Waals surface area contributed by atoms with Crippen LogP contribution in [0.1, 0.15) is 29.5 Å². The molecule has 36 heavy (non-hydrogen) atoms. The quantitative estimate of drug-likeness (QED) is 0.146. The molecule has 2 amide bonds. The number of ether oxygens (including phenoxy) is 1. The molecule has 0 bridgehead atoms. The van der Waals surface area contributed by atoms with E-state index < -0.39 is 0 Å². The van der Waals surface area contributed by atoms with E-state index in [0.29, 0.717) is 27.3 Å². The molecule has 4 rings (SSSR count). The van der Waals surface area contributed by atoms with Gasteiger partial charge in [-0.2, -0.15) is 0 Å². The monoisotopic (exact) mass is 556 g/mol. The Bertz CT molecular complexity index is 1290. The number of rotatable bonds is 10. The smallest absolute Gasteiger partial charge is 0.266 e. The Kier molecular flexibility index (Phi) is 9.13. The van der Waals surface area contributed by atoms with Gasteiger partial charge in [-0.1, -0.05) is 83.5 Å². The Hall–Kier alpha value is -2.73. The molecule has 1 N–H and O–H groups in total. The third-order valence-electron chi connectivity index (χ3n) is 5.34. The van der Waals surface area contributed by atoms with E-state index in [0.717, 1.165) is 21.4 Å². The van der Waals surface area contributed by atoms with Gasteiger partial charge in [-0.25, -0.2) is 0 Å². The first-order valence-electron chi connectivity index (χ1n) is 11.1. The number of anilines is 1. The molecular formula is C25H24N4O3S4. The van der Waals surface area contributed by atoms with Gasteiger partial charge in [-0.3, -0.25) is 14.5 Å². The van der Waals surface area contributed by atoms with Crippen molar-refractivity contribution in [2.75, 3.05) is 19.0 Å². The van der Waals surface area contributed by atoms with E-state index in [9.17, 15) is 9.59 Å². The molecule has 2 heterocycles. The van der Waals surface area contributed by atoms with Gasteiger partial charge in [-0.05, 0) is 48.2 Å². The fourth-order valence-electron chi connectivity index (χ4n) is 3.35. The van der Waals surface area contributed by atoms with Crippen LogP contribution in [0.2, 0.25) is 0 Å². The van der Waals surface area contributed by atoms with Crippen LogP contribution in [0.25, 0.3) is 6.08 Å². The molecule has 0 atom stereocenters. The first kappa shape index (κ1) is 26.3.